The molecule has 0 spiro atoms. The van der Waals surface area contributed by atoms with Gasteiger partial charge in [-0.05, 0) is 45.6 Å². The van der Waals surface area contributed by atoms with Crippen molar-refractivity contribution in [3.05, 3.63) is 0 Å². The summed E-state index contributed by atoms with van der Waals surface area (Å²) in [6.07, 6.45) is 5.62. The lowest BCUT2D eigenvalue weighted by Crippen LogP contribution is -2.49. The van der Waals surface area contributed by atoms with Gasteiger partial charge >= 0.3 is 5.97 Å². The van der Waals surface area contributed by atoms with E-state index >= 15 is 0 Å². The highest BCUT2D eigenvalue weighted by Crippen LogP contribution is 2.26. The molecule has 0 saturated heterocycles. The molecule has 1 aliphatic carbocycles. The Bertz CT molecular complexity index is 275. The van der Waals surface area contributed by atoms with Crippen molar-refractivity contribution in [3.8, 4) is 0 Å². The largest absolute Gasteiger partial charge is 0.469 e. The fourth-order valence-corrected chi connectivity index (χ4v) is 3.08. The maximum absolute atomic E-state index is 11.7. The minimum absolute atomic E-state index is 0.0767. The summed E-state index contributed by atoms with van der Waals surface area (Å²) < 4.78 is 4.88. The summed E-state index contributed by atoms with van der Waals surface area (Å²) in [5.41, 5.74) is 5.98. The fourth-order valence-electron chi connectivity index (χ4n) is 3.08. The summed E-state index contributed by atoms with van der Waals surface area (Å²) in [4.78, 5) is 14.2. The van der Waals surface area contributed by atoms with Crippen molar-refractivity contribution in [2.75, 3.05) is 13.7 Å². The maximum Gasteiger partial charge on any atom is 0.309 e. The molecule has 0 aliphatic heterocycles. The molecule has 1 fully saturated rings. The van der Waals surface area contributed by atoms with Gasteiger partial charge in [0.1, 0.15) is 0 Å². The number of carbonyl (C=O) groups is 1. The second-order valence-electron chi connectivity index (χ2n) is 5.86. The first-order valence-electron chi connectivity index (χ1n) is 7.60. The predicted molar refractivity (Wildman–Crippen MR) is 77.9 cm³/mol. The van der Waals surface area contributed by atoms with Crippen LogP contribution in [-0.2, 0) is 9.53 Å². The van der Waals surface area contributed by atoms with Gasteiger partial charge in [0.05, 0.1) is 13.0 Å². The molecule has 112 valence electrons. The smallest absolute Gasteiger partial charge is 0.309 e. The highest BCUT2D eigenvalue weighted by Gasteiger charge is 2.32. The highest BCUT2D eigenvalue weighted by atomic mass is 16.5. The standard InChI is InChI=1S/C15H30N2O2/c1-5-10-17(12(3)11(2)15(18)19-4)14-8-6-13(16)7-9-14/h11-14H,5-10,16H2,1-4H3. The third-order valence-electron chi connectivity index (χ3n) is 4.51. The van der Waals surface area contributed by atoms with Crippen molar-refractivity contribution < 1.29 is 9.53 Å². The lowest BCUT2D eigenvalue weighted by atomic mass is 9.88. The highest BCUT2D eigenvalue weighted by molar-refractivity contribution is 5.72. The van der Waals surface area contributed by atoms with Crippen LogP contribution in [0.3, 0.4) is 0 Å². The maximum atomic E-state index is 11.7. The Kier molecular flexibility index (Phi) is 6.80. The third kappa shape index (κ3) is 4.46. The van der Waals surface area contributed by atoms with Gasteiger partial charge in [-0.15, -0.1) is 0 Å². The topological polar surface area (TPSA) is 55.6 Å². The molecule has 2 unspecified atom stereocenters. The van der Waals surface area contributed by atoms with Gasteiger partial charge in [0.2, 0.25) is 0 Å². The molecule has 4 nitrogen and oxygen atoms in total. The van der Waals surface area contributed by atoms with E-state index in [0.717, 1.165) is 38.6 Å². The van der Waals surface area contributed by atoms with E-state index in [-0.39, 0.29) is 17.9 Å². The zero-order valence-corrected chi connectivity index (χ0v) is 12.9. The number of methoxy groups -OCH3 is 1. The molecule has 4 heteroatoms. The van der Waals surface area contributed by atoms with Crippen molar-refractivity contribution >= 4 is 5.97 Å². The molecular formula is C15H30N2O2. The first-order valence-corrected chi connectivity index (χ1v) is 7.60. The summed E-state index contributed by atoms with van der Waals surface area (Å²) in [7, 11) is 1.47. The third-order valence-corrected chi connectivity index (χ3v) is 4.51. The molecule has 0 aromatic rings. The first-order chi connectivity index (χ1) is 9.01. The minimum atomic E-state index is -0.110. The van der Waals surface area contributed by atoms with Crippen molar-refractivity contribution in [1.82, 2.24) is 4.90 Å². The van der Waals surface area contributed by atoms with Gasteiger partial charge in [-0.3, -0.25) is 9.69 Å². The van der Waals surface area contributed by atoms with Gasteiger partial charge in [-0.2, -0.15) is 0 Å². The zero-order valence-electron chi connectivity index (χ0n) is 12.9. The monoisotopic (exact) mass is 270 g/mol. The van der Waals surface area contributed by atoms with E-state index < -0.39 is 0 Å². The molecule has 2 N–H and O–H groups in total. The number of nitrogens with two attached hydrogens (primary N) is 1. The Hall–Kier alpha value is -0.610. The SMILES string of the molecule is CCCN(C1CCC(N)CC1)C(C)C(C)C(=O)OC. The van der Waals surface area contributed by atoms with Gasteiger partial charge in [-0.25, -0.2) is 0 Å². The molecule has 1 rings (SSSR count). The van der Waals surface area contributed by atoms with Crippen LogP contribution < -0.4 is 5.73 Å². The van der Waals surface area contributed by atoms with E-state index in [0.29, 0.717) is 12.1 Å². The predicted octanol–water partition coefficient (Wildman–Crippen LogP) is 2.17. The number of ether oxygens (including phenoxy) is 1. The van der Waals surface area contributed by atoms with E-state index in [1.165, 1.54) is 7.11 Å². The number of carbonyl (C=O) groups excluding carboxylic acids is 1. The van der Waals surface area contributed by atoms with E-state index in [2.05, 4.69) is 18.7 Å². The summed E-state index contributed by atoms with van der Waals surface area (Å²) >= 11 is 0. The van der Waals surface area contributed by atoms with Crippen LogP contribution in [0.25, 0.3) is 0 Å². The quantitative estimate of drug-likeness (QED) is 0.752. The molecule has 19 heavy (non-hydrogen) atoms. The van der Waals surface area contributed by atoms with Crippen LogP contribution >= 0.6 is 0 Å². The first kappa shape index (κ1) is 16.4. The van der Waals surface area contributed by atoms with E-state index in [9.17, 15) is 4.79 Å². The Morgan fingerprint density at radius 3 is 2.37 bits per heavy atom. The van der Waals surface area contributed by atoms with Crippen LogP contribution in [0.5, 0.6) is 0 Å². The molecule has 1 saturated carbocycles. The van der Waals surface area contributed by atoms with Crippen LogP contribution in [-0.4, -0.2) is 42.6 Å². The summed E-state index contributed by atoms with van der Waals surface area (Å²) in [5.74, 6) is -0.187. The number of esters is 1. The summed E-state index contributed by atoms with van der Waals surface area (Å²) in [5, 5.41) is 0. The molecule has 0 heterocycles. The fraction of sp³-hybridized carbons (Fsp3) is 0.933. The number of rotatable bonds is 6. The number of nitrogens with zero attached hydrogens (tertiary/aromatic N) is 1. The van der Waals surface area contributed by atoms with Crippen molar-refractivity contribution in [3.63, 3.8) is 0 Å². The summed E-state index contributed by atoms with van der Waals surface area (Å²) in [6, 6.07) is 1.17. The molecule has 0 aromatic heterocycles. The van der Waals surface area contributed by atoms with Crippen LogP contribution in [0.15, 0.2) is 0 Å². The lowest BCUT2D eigenvalue weighted by Gasteiger charge is -2.41. The Morgan fingerprint density at radius 1 is 1.32 bits per heavy atom. The van der Waals surface area contributed by atoms with Gasteiger partial charge in [-0.1, -0.05) is 13.8 Å². The van der Waals surface area contributed by atoms with Crippen LogP contribution in [0.1, 0.15) is 52.9 Å². The zero-order chi connectivity index (χ0) is 14.4. The van der Waals surface area contributed by atoms with Gasteiger partial charge in [0, 0.05) is 18.1 Å². The normalized spacial score (nSPS) is 27.1. The van der Waals surface area contributed by atoms with Gasteiger partial charge in [0.15, 0.2) is 0 Å². The lowest BCUT2D eigenvalue weighted by molar-refractivity contribution is -0.147. The second kappa shape index (κ2) is 7.85. The number of hydrogen-bond acceptors (Lipinski definition) is 4. The van der Waals surface area contributed by atoms with Crippen molar-refractivity contribution in [1.29, 1.82) is 0 Å². The average molecular weight is 270 g/mol. The Labute approximate surface area is 117 Å². The Balaban J connectivity index is 2.67. The van der Waals surface area contributed by atoms with E-state index in [4.69, 9.17) is 10.5 Å². The molecular weight excluding hydrogens is 240 g/mol. The minimum Gasteiger partial charge on any atom is -0.469 e. The van der Waals surface area contributed by atoms with E-state index in [1.807, 2.05) is 6.92 Å². The van der Waals surface area contributed by atoms with Crippen molar-refractivity contribution in [2.45, 2.75) is 71.0 Å². The molecule has 2 atom stereocenters. The van der Waals surface area contributed by atoms with Crippen LogP contribution in [0.4, 0.5) is 0 Å². The van der Waals surface area contributed by atoms with E-state index in [1.54, 1.807) is 0 Å². The summed E-state index contributed by atoms with van der Waals surface area (Å²) in [6.45, 7) is 7.35. The molecule has 1 aliphatic rings. The molecule has 0 amide bonds. The van der Waals surface area contributed by atoms with Crippen molar-refractivity contribution in [2.24, 2.45) is 11.7 Å². The molecule has 0 bridgehead atoms. The number of hydrogen-bond donors (Lipinski definition) is 1. The second-order valence-corrected chi connectivity index (χ2v) is 5.86. The molecule has 0 aromatic carbocycles. The van der Waals surface area contributed by atoms with Gasteiger partial charge in [0.25, 0.3) is 0 Å². The van der Waals surface area contributed by atoms with Crippen LogP contribution in [0.2, 0.25) is 0 Å². The Morgan fingerprint density at radius 2 is 1.89 bits per heavy atom. The molecule has 0 radical (unpaired) electrons. The van der Waals surface area contributed by atoms with Gasteiger partial charge < -0.3 is 10.5 Å². The average Bonchev–Trinajstić information content (AvgIpc) is 2.43. The van der Waals surface area contributed by atoms with Crippen LogP contribution in [0, 0.1) is 5.92 Å².